The quantitative estimate of drug-likeness (QED) is 0.899. The van der Waals surface area contributed by atoms with Gasteiger partial charge in [-0.1, -0.05) is 11.6 Å². The minimum atomic E-state index is -0.965. The summed E-state index contributed by atoms with van der Waals surface area (Å²) in [6.45, 7) is 1.53. The van der Waals surface area contributed by atoms with E-state index in [1.165, 1.54) is 25.3 Å². The first kappa shape index (κ1) is 12.6. The van der Waals surface area contributed by atoms with E-state index in [4.69, 9.17) is 16.7 Å². The average Bonchev–Trinajstić information content (AvgIpc) is 2.81. The molecule has 1 unspecified atom stereocenters. The second kappa shape index (κ2) is 4.78. The van der Waals surface area contributed by atoms with E-state index >= 15 is 0 Å². The molecule has 0 radical (unpaired) electrons. The minimum absolute atomic E-state index is 0.00920. The lowest BCUT2D eigenvalue weighted by Crippen LogP contribution is -2.08. The summed E-state index contributed by atoms with van der Waals surface area (Å²) in [4.78, 5) is 17.7. The third-order valence-corrected chi connectivity index (χ3v) is 2.90. The summed E-state index contributed by atoms with van der Waals surface area (Å²) in [6, 6.07) is 4.25. The van der Waals surface area contributed by atoms with Crippen molar-refractivity contribution >= 4 is 17.6 Å². The lowest BCUT2D eigenvalue weighted by atomic mass is 10.1. The monoisotopic (exact) mass is 268 g/mol. The first-order valence-electron chi connectivity index (χ1n) is 5.22. The molecule has 1 aromatic heterocycles. The molecule has 0 aliphatic rings. The first-order chi connectivity index (χ1) is 8.49. The molecule has 0 bridgehead atoms. The molecule has 0 amide bonds. The number of imidazole rings is 1. The number of nitrogens with one attached hydrogen (secondary N) is 1. The first-order valence-corrected chi connectivity index (χ1v) is 5.60. The number of H-pyrrole nitrogens is 1. The number of aromatic nitrogens is 2. The van der Waals surface area contributed by atoms with Gasteiger partial charge in [0.15, 0.2) is 0 Å². The van der Waals surface area contributed by atoms with Crippen LogP contribution in [-0.2, 0) is 4.79 Å². The number of aliphatic carboxylic acids is 1. The number of carboxylic acids is 1. The van der Waals surface area contributed by atoms with Crippen LogP contribution in [0.25, 0.3) is 11.3 Å². The summed E-state index contributed by atoms with van der Waals surface area (Å²) in [5, 5.41) is 8.87. The Hall–Kier alpha value is -1.88. The number of benzene rings is 1. The number of carbonyl (C=O) groups is 1. The molecular formula is C12H10ClFN2O2. The second-order valence-electron chi connectivity index (χ2n) is 3.87. The molecule has 1 atom stereocenters. The summed E-state index contributed by atoms with van der Waals surface area (Å²) in [7, 11) is 0. The highest BCUT2D eigenvalue weighted by molar-refractivity contribution is 6.31. The Balaban J connectivity index is 2.35. The molecular weight excluding hydrogens is 259 g/mol. The van der Waals surface area contributed by atoms with E-state index in [9.17, 15) is 9.18 Å². The Kier molecular flexibility index (Phi) is 3.34. The van der Waals surface area contributed by atoms with Crippen LogP contribution in [0, 0.1) is 5.82 Å². The average molecular weight is 269 g/mol. The van der Waals surface area contributed by atoms with Crippen LogP contribution in [-0.4, -0.2) is 21.0 Å². The van der Waals surface area contributed by atoms with Crippen molar-refractivity contribution in [3.05, 3.63) is 41.1 Å². The molecule has 18 heavy (non-hydrogen) atoms. The Morgan fingerprint density at radius 2 is 2.28 bits per heavy atom. The van der Waals surface area contributed by atoms with Crippen molar-refractivity contribution in [3.8, 4) is 11.3 Å². The molecule has 1 aromatic carbocycles. The number of rotatable bonds is 3. The van der Waals surface area contributed by atoms with Gasteiger partial charge in [-0.05, 0) is 25.1 Å². The minimum Gasteiger partial charge on any atom is -0.481 e. The maximum Gasteiger partial charge on any atom is 0.313 e. The molecule has 1 heterocycles. The van der Waals surface area contributed by atoms with E-state index in [1.807, 2.05) is 0 Å². The fraction of sp³-hybridized carbons (Fsp3) is 0.167. The van der Waals surface area contributed by atoms with Crippen LogP contribution >= 0.6 is 11.6 Å². The van der Waals surface area contributed by atoms with E-state index < -0.39 is 17.7 Å². The van der Waals surface area contributed by atoms with Gasteiger partial charge < -0.3 is 10.1 Å². The maximum atomic E-state index is 13.0. The molecule has 2 rings (SSSR count). The van der Waals surface area contributed by atoms with Gasteiger partial charge in [-0.2, -0.15) is 0 Å². The van der Waals surface area contributed by atoms with Gasteiger partial charge in [0.1, 0.15) is 17.6 Å². The molecule has 0 aliphatic carbocycles. The fourth-order valence-electron chi connectivity index (χ4n) is 1.48. The van der Waals surface area contributed by atoms with Gasteiger partial charge >= 0.3 is 5.97 Å². The van der Waals surface area contributed by atoms with E-state index in [2.05, 4.69) is 9.97 Å². The zero-order valence-electron chi connectivity index (χ0n) is 9.45. The van der Waals surface area contributed by atoms with Crippen LogP contribution in [0.4, 0.5) is 4.39 Å². The van der Waals surface area contributed by atoms with Crippen molar-refractivity contribution in [2.45, 2.75) is 12.8 Å². The van der Waals surface area contributed by atoms with E-state index in [0.717, 1.165) is 0 Å². The van der Waals surface area contributed by atoms with E-state index in [0.29, 0.717) is 17.1 Å². The fourth-order valence-corrected chi connectivity index (χ4v) is 1.66. The predicted octanol–water partition coefficient (Wildman–Crippen LogP) is 3.06. The van der Waals surface area contributed by atoms with Crippen molar-refractivity contribution in [1.29, 1.82) is 0 Å². The lowest BCUT2D eigenvalue weighted by Gasteiger charge is -2.02. The highest BCUT2D eigenvalue weighted by Crippen LogP contribution is 2.24. The van der Waals surface area contributed by atoms with E-state index in [1.54, 1.807) is 6.07 Å². The molecule has 2 aromatic rings. The van der Waals surface area contributed by atoms with Gasteiger partial charge in [0.05, 0.1) is 16.9 Å². The SMILES string of the molecule is CC(C(=O)O)c1ncc(-c2ccc(F)c(Cl)c2)[nH]1. The second-order valence-corrected chi connectivity index (χ2v) is 4.28. The molecule has 0 saturated carbocycles. The summed E-state index contributed by atoms with van der Waals surface area (Å²) >= 11 is 5.68. The zero-order valence-corrected chi connectivity index (χ0v) is 10.2. The molecule has 4 nitrogen and oxygen atoms in total. The molecule has 94 valence electrons. The third kappa shape index (κ3) is 2.36. The van der Waals surface area contributed by atoms with E-state index in [-0.39, 0.29) is 5.02 Å². The Bertz CT molecular complexity index is 598. The number of carboxylic acid groups (broad SMARTS) is 1. The number of halogens is 2. The van der Waals surface area contributed by atoms with Crippen LogP contribution in [0.1, 0.15) is 18.7 Å². The highest BCUT2D eigenvalue weighted by atomic mass is 35.5. The molecule has 0 aliphatic heterocycles. The summed E-state index contributed by atoms with van der Waals surface area (Å²) in [5.74, 6) is -1.85. The molecule has 6 heteroatoms. The predicted molar refractivity (Wildman–Crippen MR) is 65.0 cm³/mol. The van der Waals surface area contributed by atoms with Crippen molar-refractivity contribution in [1.82, 2.24) is 9.97 Å². The van der Waals surface area contributed by atoms with Gasteiger partial charge in [-0.15, -0.1) is 0 Å². The molecule has 0 spiro atoms. The zero-order chi connectivity index (χ0) is 13.3. The number of hydrogen-bond acceptors (Lipinski definition) is 2. The summed E-state index contributed by atoms with van der Waals surface area (Å²) < 4.78 is 13.0. The smallest absolute Gasteiger partial charge is 0.313 e. The molecule has 0 saturated heterocycles. The molecule has 0 fully saturated rings. The van der Waals surface area contributed by atoms with Crippen molar-refractivity contribution in [2.75, 3.05) is 0 Å². The normalized spacial score (nSPS) is 12.4. The number of aromatic amines is 1. The Morgan fingerprint density at radius 1 is 1.56 bits per heavy atom. The van der Waals surface area contributed by atoms with Gasteiger partial charge in [0.2, 0.25) is 0 Å². The Morgan fingerprint density at radius 3 is 2.89 bits per heavy atom. The van der Waals surface area contributed by atoms with Gasteiger partial charge in [0.25, 0.3) is 0 Å². The van der Waals surface area contributed by atoms with Crippen molar-refractivity contribution in [3.63, 3.8) is 0 Å². The van der Waals surface area contributed by atoms with Crippen LogP contribution in [0.15, 0.2) is 24.4 Å². The van der Waals surface area contributed by atoms with Crippen molar-refractivity contribution < 1.29 is 14.3 Å². The van der Waals surface area contributed by atoms with Crippen LogP contribution in [0.2, 0.25) is 5.02 Å². The lowest BCUT2D eigenvalue weighted by molar-refractivity contribution is -0.138. The standard InChI is InChI=1S/C12H10ClFN2O2/c1-6(12(17)18)11-15-5-10(16-11)7-2-3-9(14)8(13)4-7/h2-6H,1H3,(H,15,16)(H,17,18). The number of nitrogens with zero attached hydrogens (tertiary/aromatic N) is 1. The number of hydrogen-bond donors (Lipinski definition) is 2. The molecule has 2 N–H and O–H groups in total. The summed E-state index contributed by atoms with van der Waals surface area (Å²) in [5.41, 5.74) is 1.25. The largest absolute Gasteiger partial charge is 0.481 e. The van der Waals surface area contributed by atoms with Crippen LogP contribution in [0.3, 0.4) is 0 Å². The maximum absolute atomic E-state index is 13.0. The van der Waals surface area contributed by atoms with Crippen molar-refractivity contribution in [2.24, 2.45) is 0 Å². The highest BCUT2D eigenvalue weighted by Gasteiger charge is 2.17. The van der Waals surface area contributed by atoms with Gasteiger partial charge in [-0.25, -0.2) is 9.37 Å². The van der Waals surface area contributed by atoms with Gasteiger partial charge in [0, 0.05) is 5.56 Å². The van der Waals surface area contributed by atoms with Crippen LogP contribution < -0.4 is 0 Å². The summed E-state index contributed by atoms with van der Waals surface area (Å²) in [6.07, 6.45) is 1.50. The topological polar surface area (TPSA) is 66.0 Å². The van der Waals surface area contributed by atoms with Crippen LogP contribution in [0.5, 0.6) is 0 Å². The Labute approximate surface area is 107 Å². The van der Waals surface area contributed by atoms with Gasteiger partial charge in [-0.3, -0.25) is 4.79 Å². The third-order valence-electron chi connectivity index (χ3n) is 2.61.